The van der Waals surface area contributed by atoms with Crippen LogP contribution in [0.25, 0.3) is 0 Å². The number of carbonyl (C=O) groups is 1. The molecule has 132 valence electrons. The Kier molecular flexibility index (Phi) is 5.19. The van der Waals surface area contributed by atoms with Gasteiger partial charge < -0.3 is 14.7 Å². The quantitative estimate of drug-likeness (QED) is 0.900. The number of aryl methyl sites for hydroxylation is 1. The molecule has 0 saturated carbocycles. The van der Waals surface area contributed by atoms with Crippen LogP contribution in [-0.4, -0.2) is 54.2 Å². The van der Waals surface area contributed by atoms with Crippen molar-refractivity contribution in [1.82, 2.24) is 9.88 Å². The van der Waals surface area contributed by atoms with Gasteiger partial charge in [0.1, 0.15) is 11.8 Å². The number of nitrogens with zero attached hydrogens (tertiary/aromatic N) is 3. The van der Waals surface area contributed by atoms with Gasteiger partial charge in [-0.3, -0.25) is 14.7 Å². The van der Waals surface area contributed by atoms with Crippen molar-refractivity contribution < 1.29 is 14.6 Å². The molecule has 0 amide bonds. The highest BCUT2D eigenvalue weighted by Crippen LogP contribution is 2.29. The number of aliphatic carboxylic acids is 1. The molecule has 1 saturated heterocycles. The van der Waals surface area contributed by atoms with Gasteiger partial charge in [0.15, 0.2) is 0 Å². The molecule has 0 spiro atoms. The van der Waals surface area contributed by atoms with Gasteiger partial charge >= 0.3 is 5.97 Å². The number of methoxy groups -OCH3 is 1. The van der Waals surface area contributed by atoms with Crippen LogP contribution in [0.4, 0.5) is 5.69 Å². The number of ether oxygens (including phenoxy) is 1. The molecule has 2 aromatic rings. The third-order valence-electron chi connectivity index (χ3n) is 4.71. The fourth-order valence-corrected chi connectivity index (χ4v) is 3.36. The Morgan fingerprint density at radius 2 is 1.84 bits per heavy atom. The van der Waals surface area contributed by atoms with Crippen LogP contribution in [0.3, 0.4) is 0 Å². The normalized spacial score (nSPS) is 16.5. The third kappa shape index (κ3) is 3.74. The second-order valence-electron chi connectivity index (χ2n) is 6.19. The Bertz CT molecular complexity index is 728. The number of hydrogen-bond acceptors (Lipinski definition) is 5. The summed E-state index contributed by atoms with van der Waals surface area (Å²) in [5.41, 5.74) is 2.89. The number of carboxylic acids is 1. The molecule has 0 aliphatic carbocycles. The van der Waals surface area contributed by atoms with Gasteiger partial charge in [0.2, 0.25) is 0 Å². The van der Waals surface area contributed by atoms with Gasteiger partial charge in [-0.15, -0.1) is 0 Å². The topological polar surface area (TPSA) is 65.9 Å². The van der Waals surface area contributed by atoms with E-state index < -0.39 is 12.0 Å². The lowest BCUT2D eigenvalue weighted by atomic mass is 9.99. The predicted octanol–water partition coefficient (Wildman–Crippen LogP) is 2.35. The van der Waals surface area contributed by atoms with E-state index in [1.165, 1.54) is 0 Å². The van der Waals surface area contributed by atoms with Crippen molar-refractivity contribution in [2.75, 3.05) is 38.2 Å². The van der Waals surface area contributed by atoms with E-state index in [1.54, 1.807) is 19.5 Å². The van der Waals surface area contributed by atoms with Gasteiger partial charge in [0.05, 0.1) is 7.11 Å². The highest BCUT2D eigenvalue weighted by Gasteiger charge is 2.31. The molecule has 0 unspecified atom stereocenters. The van der Waals surface area contributed by atoms with E-state index in [1.807, 2.05) is 42.2 Å². The van der Waals surface area contributed by atoms with Crippen LogP contribution in [0, 0.1) is 6.92 Å². The Morgan fingerprint density at radius 1 is 1.16 bits per heavy atom. The molecule has 1 N–H and O–H groups in total. The molecule has 6 nitrogen and oxygen atoms in total. The first-order valence-electron chi connectivity index (χ1n) is 8.36. The number of anilines is 1. The number of piperazine rings is 1. The van der Waals surface area contributed by atoms with Gasteiger partial charge in [0.25, 0.3) is 0 Å². The predicted molar refractivity (Wildman–Crippen MR) is 96.1 cm³/mol. The van der Waals surface area contributed by atoms with E-state index in [2.05, 4.69) is 9.88 Å². The average Bonchev–Trinajstić information content (AvgIpc) is 2.64. The minimum absolute atomic E-state index is 0.634. The van der Waals surface area contributed by atoms with Crippen LogP contribution in [0.5, 0.6) is 5.75 Å². The maximum absolute atomic E-state index is 12.0. The van der Waals surface area contributed by atoms with E-state index in [-0.39, 0.29) is 0 Å². The average molecular weight is 341 g/mol. The lowest BCUT2D eigenvalue weighted by molar-refractivity contribution is -0.143. The Labute approximate surface area is 147 Å². The first-order valence-corrected chi connectivity index (χ1v) is 8.36. The number of aromatic nitrogens is 1. The molecule has 1 fully saturated rings. The second kappa shape index (κ2) is 7.53. The maximum atomic E-state index is 12.0. The van der Waals surface area contributed by atoms with E-state index in [4.69, 9.17) is 4.74 Å². The Balaban J connectivity index is 1.76. The zero-order valence-corrected chi connectivity index (χ0v) is 14.6. The van der Waals surface area contributed by atoms with Crippen molar-refractivity contribution >= 4 is 11.7 Å². The molecule has 2 heterocycles. The molecule has 1 atom stereocenters. The summed E-state index contributed by atoms with van der Waals surface area (Å²) in [7, 11) is 1.61. The molecule has 25 heavy (non-hydrogen) atoms. The second-order valence-corrected chi connectivity index (χ2v) is 6.19. The molecule has 1 aromatic heterocycles. The van der Waals surface area contributed by atoms with E-state index in [0.29, 0.717) is 13.1 Å². The van der Waals surface area contributed by atoms with Crippen molar-refractivity contribution in [3.8, 4) is 5.75 Å². The minimum atomic E-state index is -0.814. The third-order valence-corrected chi connectivity index (χ3v) is 4.71. The van der Waals surface area contributed by atoms with E-state index in [9.17, 15) is 9.90 Å². The van der Waals surface area contributed by atoms with Crippen LogP contribution in [0.15, 0.2) is 42.7 Å². The lowest BCUT2D eigenvalue weighted by Gasteiger charge is -2.39. The molecule has 1 aliphatic rings. The van der Waals surface area contributed by atoms with Gasteiger partial charge in [-0.2, -0.15) is 0 Å². The number of carboxylic acid groups (broad SMARTS) is 1. The first-order chi connectivity index (χ1) is 12.1. The maximum Gasteiger partial charge on any atom is 0.325 e. The zero-order valence-electron chi connectivity index (χ0n) is 14.6. The summed E-state index contributed by atoms with van der Waals surface area (Å²) in [5.74, 6) is -0.0708. The molecule has 1 aliphatic heterocycles. The monoisotopic (exact) mass is 341 g/mol. The van der Waals surface area contributed by atoms with Crippen molar-refractivity contribution in [1.29, 1.82) is 0 Å². The highest BCUT2D eigenvalue weighted by atomic mass is 16.5. The molecule has 0 radical (unpaired) electrons. The number of pyridine rings is 1. The number of hydrogen-bond donors (Lipinski definition) is 1. The number of rotatable bonds is 5. The van der Waals surface area contributed by atoms with Crippen LogP contribution < -0.4 is 9.64 Å². The van der Waals surface area contributed by atoms with Crippen molar-refractivity contribution in [2.45, 2.75) is 13.0 Å². The van der Waals surface area contributed by atoms with Gasteiger partial charge in [0, 0.05) is 44.3 Å². The molecule has 6 heteroatoms. The molecule has 3 rings (SSSR count). The molecular formula is C19H23N3O3. The zero-order chi connectivity index (χ0) is 17.8. The summed E-state index contributed by atoms with van der Waals surface area (Å²) in [4.78, 5) is 20.3. The molecular weight excluding hydrogens is 318 g/mol. The van der Waals surface area contributed by atoms with Gasteiger partial charge in [-0.25, -0.2) is 0 Å². The van der Waals surface area contributed by atoms with Gasteiger partial charge in [-0.05, 0) is 42.3 Å². The summed E-state index contributed by atoms with van der Waals surface area (Å²) >= 11 is 0. The SMILES string of the molecule is COc1ccc([C@@H](C(=O)O)N2CCN(c3ccncc3)CC2)c(C)c1. The fourth-order valence-electron chi connectivity index (χ4n) is 3.36. The summed E-state index contributed by atoms with van der Waals surface area (Å²) < 4.78 is 5.23. The van der Waals surface area contributed by atoms with Crippen molar-refractivity contribution in [3.05, 3.63) is 53.9 Å². The molecule has 1 aromatic carbocycles. The van der Waals surface area contributed by atoms with Gasteiger partial charge in [-0.1, -0.05) is 6.07 Å². The van der Waals surface area contributed by atoms with E-state index >= 15 is 0 Å². The van der Waals surface area contributed by atoms with Crippen molar-refractivity contribution in [3.63, 3.8) is 0 Å². The molecule has 0 bridgehead atoms. The Morgan fingerprint density at radius 3 is 2.40 bits per heavy atom. The summed E-state index contributed by atoms with van der Waals surface area (Å²) in [5, 5.41) is 9.82. The summed E-state index contributed by atoms with van der Waals surface area (Å²) in [6, 6.07) is 8.91. The highest BCUT2D eigenvalue weighted by molar-refractivity contribution is 5.76. The summed E-state index contributed by atoms with van der Waals surface area (Å²) in [6.07, 6.45) is 3.56. The van der Waals surface area contributed by atoms with E-state index in [0.717, 1.165) is 35.7 Å². The lowest BCUT2D eigenvalue weighted by Crippen LogP contribution is -2.49. The summed E-state index contributed by atoms with van der Waals surface area (Å²) in [6.45, 7) is 4.92. The van der Waals surface area contributed by atoms with Crippen LogP contribution >= 0.6 is 0 Å². The number of benzene rings is 1. The van der Waals surface area contributed by atoms with Crippen LogP contribution in [0.1, 0.15) is 17.2 Å². The van der Waals surface area contributed by atoms with Crippen molar-refractivity contribution in [2.24, 2.45) is 0 Å². The first kappa shape index (κ1) is 17.2. The van der Waals surface area contributed by atoms with Crippen LogP contribution in [0.2, 0.25) is 0 Å². The Hall–Kier alpha value is -2.60. The smallest absolute Gasteiger partial charge is 0.325 e. The standard InChI is InChI=1S/C19H23N3O3/c1-14-13-16(25-2)3-4-17(14)18(19(23)24)22-11-9-21(10-12-22)15-5-7-20-8-6-15/h3-8,13,18H,9-12H2,1-2H3,(H,23,24)/t18-/m0/s1. The largest absolute Gasteiger partial charge is 0.497 e. The fraction of sp³-hybridized carbons (Fsp3) is 0.368. The minimum Gasteiger partial charge on any atom is -0.497 e. The van der Waals surface area contributed by atoms with Crippen LogP contribution in [-0.2, 0) is 4.79 Å².